The second-order valence-corrected chi connectivity index (χ2v) is 3.41. The Morgan fingerprint density at radius 3 is 2.82 bits per heavy atom. The van der Waals surface area contributed by atoms with E-state index in [0.717, 1.165) is 12.2 Å². The van der Waals surface area contributed by atoms with Crippen LogP contribution in [0.15, 0.2) is 30.6 Å². The normalized spacial score (nSPS) is 9.94. The maximum atomic E-state index is 5.68. The van der Waals surface area contributed by atoms with Crippen molar-refractivity contribution in [2.45, 2.75) is 6.92 Å². The summed E-state index contributed by atoms with van der Waals surface area (Å²) >= 11 is 0. The van der Waals surface area contributed by atoms with E-state index in [1.54, 1.807) is 0 Å². The van der Waals surface area contributed by atoms with Crippen LogP contribution in [-0.2, 0) is 0 Å². The molecule has 17 heavy (non-hydrogen) atoms. The van der Waals surface area contributed by atoms with E-state index in [-0.39, 0.29) is 0 Å². The molecule has 0 radical (unpaired) electrons. The van der Waals surface area contributed by atoms with Gasteiger partial charge in [-0.25, -0.2) is 9.97 Å². The van der Waals surface area contributed by atoms with Gasteiger partial charge in [-0.1, -0.05) is 6.07 Å². The summed E-state index contributed by atoms with van der Waals surface area (Å²) in [7, 11) is 0. The summed E-state index contributed by atoms with van der Waals surface area (Å²) in [5.41, 5.74) is 7.22. The van der Waals surface area contributed by atoms with Crippen molar-refractivity contribution in [1.82, 2.24) is 15.0 Å². The molecule has 1 aromatic heterocycles. The smallest absolute Gasteiger partial charge is 0.231 e. The topological polar surface area (TPSA) is 88.8 Å². The third kappa shape index (κ3) is 3.04. The van der Waals surface area contributed by atoms with Crippen LogP contribution in [0, 0.1) is 0 Å². The number of nitrogens with one attached hydrogen (secondary N) is 2. The summed E-state index contributed by atoms with van der Waals surface area (Å²) < 4.78 is 0. The van der Waals surface area contributed by atoms with Gasteiger partial charge in [-0.2, -0.15) is 4.98 Å². The first-order chi connectivity index (χ1) is 8.28. The lowest BCUT2D eigenvalue weighted by Gasteiger charge is -2.06. The molecular formula is C11H14N6. The van der Waals surface area contributed by atoms with Crippen LogP contribution in [0.25, 0.3) is 0 Å². The Hall–Kier alpha value is -2.37. The molecule has 6 heteroatoms. The van der Waals surface area contributed by atoms with Crippen LogP contribution in [0.1, 0.15) is 6.92 Å². The molecule has 0 amide bonds. The van der Waals surface area contributed by atoms with Crippen LogP contribution < -0.4 is 16.4 Å². The van der Waals surface area contributed by atoms with Crippen molar-refractivity contribution >= 4 is 23.3 Å². The molecule has 4 N–H and O–H groups in total. The van der Waals surface area contributed by atoms with E-state index in [1.165, 1.54) is 6.33 Å². The molecule has 0 atom stereocenters. The Kier molecular flexibility index (Phi) is 3.34. The number of hydrogen-bond donors (Lipinski definition) is 3. The van der Waals surface area contributed by atoms with E-state index in [2.05, 4.69) is 25.6 Å². The number of rotatable bonds is 4. The predicted molar refractivity (Wildman–Crippen MR) is 68.1 cm³/mol. The molecule has 0 aliphatic carbocycles. The average Bonchev–Trinajstić information content (AvgIpc) is 2.30. The molecule has 0 saturated carbocycles. The Balaban J connectivity index is 2.15. The van der Waals surface area contributed by atoms with Gasteiger partial charge in [-0.15, -0.1) is 0 Å². The zero-order valence-corrected chi connectivity index (χ0v) is 9.51. The van der Waals surface area contributed by atoms with Gasteiger partial charge in [0.25, 0.3) is 0 Å². The Bertz CT molecular complexity index is 499. The first kappa shape index (κ1) is 11.1. The van der Waals surface area contributed by atoms with Crippen LogP contribution in [0.4, 0.5) is 23.3 Å². The minimum Gasteiger partial charge on any atom is -0.399 e. The van der Waals surface area contributed by atoms with E-state index >= 15 is 0 Å². The molecule has 2 aromatic rings. The molecule has 0 saturated heterocycles. The molecule has 88 valence electrons. The first-order valence-corrected chi connectivity index (χ1v) is 5.33. The van der Waals surface area contributed by atoms with Crippen molar-refractivity contribution in [2.75, 3.05) is 22.9 Å². The van der Waals surface area contributed by atoms with E-state index < -0.39 is 0 Å². The van der Waals surface area contributed by atoms with Gasteiger partial charge in [0.05, 0.1) is 0 Å². The third-order valence-corrected chi connectivity index (χ3v) is 2.05. The Labute approximate surface area is 99.3 Å². The lowest BCUT2D eigenvalue weighted by atomic mass is 10.3. The quantitative estimate of drug-likeness (QED) is 0.692. The van der Waals surface area contributed by atoms with Gasteiger partial charge in [-0.05, 0) is 25.1 Å². The fraction of sp³-hybridized carbons (Fsp3) is 0.182. The van der Waals surface area contributed by atoms with Crippen LogP contribution in [0.2, 0.25) is 0 Å². The molecule has 1 aromatic carbocycles. The highest BCUT2D eigenvalue weighted by Gasteiger charge is 2.00. The second kappa shape index (κ2) is 5.11. The number of benzene rings is 1. The van der Waals surface area contributed by atoms with Crippen molar-refractivity contribution in [3.63, 3.8) is 0 Å². The predicted octanol–water partition coefficient (Wildman–Crippen LogP) is 1.63. The highest BCUT2D eigenvalue weighted by Crippen LogP contribution is 2.15. The highest BCUT2D eigenvalue weighted by molar-refractivity contribution is 5.59. The van der Waals surface area contributed by atoms with E-state index in [4.69, 9.17) is 5.73 Å². The summed E-state index contributed by atoms with van der Waals surface area (Å²) in [6, 6.07) is 7.40. The maximum absolute atomic E-state index is 5.68. The minimum atomic E-state index is 0.488. The first-order valence-electron chi connectivity index (χ1n) is 5.33. The van der Waals surface area contributed by atoms with Crippen LogP contribution in [0.3, 0.4) is 0 Å². The molecule has 0 aliphatic heterocycles. The highest BCUT2D eigenvalue weighted by atomic mass is 15.2. The van der Waals surface area contributed by atoms with E-state index in [0.29, 0.717) is 17.6 Å². The Morgan fingerprint density at radius 2 is 2.06 bits per heavy atom. The largest absolute Gasteiger partial charge is 0.399 e. The summed E-state index contributed by atoms with van der Waals surface area (Å²) in [5, 5.41) is 6.08. The van der Waals surface area contributed by atoms with Gasteiger partial charge in [-0.3, -0.25) is 0 Å². The third-order valence-electron chi connectivity index (χ3n) is 2.05. The second-order valence-electron chi connectivity index (χ2n) is 3.41. The van der Waals surface area contributed by atoms with Gasteiger partial charge in [0.1, 0.15) is 6.33 Å². The lowest BCUT2D eigenvalue weighted by Crippen LogP contribution is -2.05. The van der Waals surface area contributed by atoms with E-state index in [1.807, 2.05) is 31.2 Å². The molecule has 0 bridgehead atoms. The van der Waals surface area contributed by atoms with Crippen LogP contribution in [0.5, 0.6) is 0 Å². The monoisotopic (exact) mass is 230 g/mol. The molecule has 2 rings (SSSR count). The summed E-state index contributed by atoms with van der Waals surface area (Å²) in [6.07, 6.45) is 1.46. The van der Waals surface area contributed by atoms with Crippen molar-refractivity contribution in [3.8, 4) is 0 Å². The number of aromatic nitrogens is 3. The SMILES string of the molecule is CCNc1ncnc(Nc2cccc(N)c2)n1. The number of anilines is 4. The molecule has 1 heterocycles. The number of hydrogen-bond acceptors (Lipinski definition) is 6. The van der Waals surface area contributed by atoms with E-state index in [9.17, 15) is 0 Å². The minimum absolute atomic E-state index is 0.488. The van der Waals surface area contributed by atoms with Crippen molar-refractivity contribution in [2.24, 2.45) is 0 Å². The van der Waals surface area contributed by atoms with Crippen LogP contribution in [-0.4, -0.2) is 21.5 Å². The zero-order valence-electron chi connectivity index (χ0n) is 9.51. The fourth-order valence-corrected chi connectivity index (χ4v) is 1.35. The van der Waals surface area contributed by atoms with Gasteiger partial charge >= 0.3 is 0 Å². The van der Waals surface area contributed by atoms with Gasteiger partial charge in [0.15, 0.2) is 0 Å². The zero-order chi connectivity index (χ0) is 12.1. The van der Waals surface area contributed by atoms with Gasteiger partial charge in [0.2, 0.25) is 11.9 Å². The van der Waals surface area contributed by atoms with Crippen molar-refractivity contribution in [3.05, 3.63) is 30.6 Å². The number of nitrogens with two attached hydrogens (primary N) is 1. The van der Waals surface area contributed by atoms with Crippen molar-refractivity contribution in [1.29, 1.82) is 0 Å². The Morgan fingerprint density at radius 1 is 1.24 bits per heavy atom. The maximum Gasteiger partial charge on any atom is 0.231 e. The molecule has 0 unspecified atom stereocenters. The number of nitrogen functional groups attached to an aromatic ring is 1. The molecule has 0 fully saturated rings. The summed E-state index contributed by atoms with van der Waals surface area (Å²) in [5.74, 6) is 1.04. The average molecular weight is 230 g/mol. The lowest BCUT2D eigenvalue weighted by molar-refractivity contribution is 1.02. The molecule has 0 aliphatic rings. The number of nitrogens with zero attached hydrogens (tertiary/aromatic N) is 3. The molecule has 6 nitrogen and oxygen atoms in total. The summed E-state index contributed by atoms with van der Waals surface area (Å²) in [4.78, 5) is 12.2. The van der Waals surface area contributed by atoms with Gasteiger partial charge in [0, 0.05) is 17.9 Å². The van der Waals surface area contributed by atoms with Crippen molar-refractivity contribution < 1.29 is 0 Å². The molecular weight excluding hydrogens is 216 g/mol. The van der Waals surface area contributed by atoms with Gasteiger partial charge < -0.3 is 16.4 Å². The fourth-order valence-electron chi connectivity index (χ4n) is 1.35. The molecule has 0 spiro atoms. The van der Waals surface area contributed by atoms with Crippen LogP contribution >= 0.6 is 0 Å². The summed E-state index contributed by atoms with van der Waals surface area (Å²) in [6.45, 7) is 2.75. The standard InChI is InChI=1S/C11H14N6/c1-2-13-10-14-7-15-11(17-10)16-9-5-3-4-8(12)6-9/h3-7H,2,12H2,1H3,(H2,13,14,15,16,17).